The smallest absolute Gasteiger partial charge is 0.411 e. The van der Waals surface area contributed by atoms with Crippen LogP contribution in [0.5, 0.6) is 0 Å². The Morgan fingerprint density at radius 1 is 1.18 bits per heavy atom. The van der Waals surface area contributed by atoms with Gasteiger partial charge in [-0.2, -0.15) is 0 Å². The van der Waals surface area contributed by atoms with E-state index in [0.717, 1.165) is 0 Å². The highest BCUT2D eigenvalue weighted by Gasteiger charge is 2.06. The molecule has 2 rings (SSSR count). The van der Waals surface area contributed by atoms with Gasteiger partial charge in [0.05, 0.1) is 17.9 Å². The van der Waals surface area contributed by atoms with E-state index in [2.05, 4.69) is 20.3 Å². The van der Waals surface area contributed by atoms with E-state index in [9.17, 15) is 14.4 Å². The van der Waals surface area contributed by atoms with Crippen molar-refractivity contribution in [2.75, 3.05) is 12.4 Å². The number of aromatic nitrogens is 2. The third-order valence-corrected chi connectivity index (χ3v) is 2.23. The molecule has 0 saturated carbocycles. The Morgan fingerprint density at radius 2 is 1.82 bits per heavy atom. The number of methoxy groups -OCH3 is 1. The van der Waals surface area contributed by atoms with Gasteiger partial charge in [-0.1, -0.05) is 0 Å². The highest BCUT2D eigenvalue weighted by Crippen LogP contribution is 2.12. The lowest BCUT2D eigenvalue weighted by molar-refractivity contribution is 0.187. The molecule has 0 aliphatic rings. The largest absolute Gasteiger partial charge is 0.453 e. The molecule has 88 valence electrons. The summed E-state index contributed by atoms with van der Waals surface area (Å²) in [6.45, 7) is 0. The number of nitrogens with one attached hydrogen (secondary N) is 3. The minimum atomic E-state index is -0.648. The predicted octanol–water partition coefficient (Wildman–Crippen LogP) is 0.395. The van der Waals surface area contributed by atoms with Crippen molar-refractivity contribution in [3.63, 3.8) is 0 Å². The maximum absolute atomic E-state index is 11.5. The zero-order valence-corrected chi connectivity index (χ0v) is 8.87. The summed E-state index contributed by atoms with van der Waals surface area (Å²) in [5.41, 5.74) is -0.460. The van der Waals surface area contributed by atoms with Crippen molar-refractivity contribution < 1.29 is 9.53 Å². The number of rotatable bonds is 1. The molecule has 0 bridgehead atoms. The van der Waals surface area contributed by atoms with Crippen molar-refractivity contribution in [2.45, 2.75) is 0 Å². The van der Waals surface area contributed by atoms with Crippen molar-refractivity contribution in [1.82, 2.24) is 10.2 Å². The average Bonchev–Trinajstić information content (AvgIpc) is 2.34. The van der Waals surface area contributed by atoms with E-state index in [1.165, 1.54) is 25.3 Å². The van der Waals surface area contributed by atoms with Crippen LogP contribution in [0.2, 0.25) is 0 Å². The van der Waals surface area contributed by atoms with Gasteiger partial charge in [-0.05, 0) is 18.2 Å². The predicted molar refractivity (Wildman–Crippen MR) is 61.2 cm³/mol. The topological polar surface area (TPSA) is 104 Å². The molecule has 7 nitrogen and oxygen atoms in total. The van der Waals surface area contributed by atoms with Crippen LogP contribution in [-0.2, 0) is 4.74 Å². The fourth-order valence-corrected chi connectivity index (χ4v) is 1.42. The number of fused-ring (bicyclic) bond motifs is 1. The van der Waals surface area contributed by atoms with Gasteiger partial charge in [0.1, 0.15) is 0 Å². The van der Waals surface area contributed by atoms with Crippen molar-refractivity contribution in [3.05, 3.63) is 38.9 Å². The van der Waals surface area contributed by atoms with Crippen LogP contribution in [0.25, 0.3) is 10.8 Å². The molecular formula is C10H9N3O4. The molecule has 0 aliphatic carbocycles. The quantitative estimate of drug-likeness (QED) is 0.665. The van der Waals surface area contributed by atoms with Gasteiger partial charge in [0.2, 0.25) is 0 Å². The second-order valence-electron chi connectivity index (χ2n) is 3.29. The molecule has 0 spiro atoms. The van der Waals surface area contributed by atoms with E-state index in [1.54, 1.807) is 0 Å². The summed E-state index contributed by atoms with van der Waals surface area (Å²) in [4.78, 5) is 33.8. The van der Waals surface area contributed by atoms with E-state index >= 15 is 0 Å². The second-order valence-corrected chi connectivity index (χ2v) is 3.29. The first-order valence-corrected chi connectivity index (χ1v) is 4.71. The average molecular weight is 235 g/mol. The summed E-state index contributed by atoms with van der Waals surface area (Å²) in [5.74, 6) is 0. The van der Waals surface area contributed by atoms with Crippen molar-refractivity contribution in [3.8, 4) is 0 Å². The molecule has 1 aromatic carbocycles. The Bertz CT molecular complexity index is 686. The number of benzene rings is 1. The molecule has 0 saturated heterocycles. The van der Waals surface area contributed by atoms with E-state index in [1.807, 2.05) is 0 Å². The van der Waals surface area contributed by atoms with E-state index < -0.39 is 17.2 Å². The standard InChI is InChI=1S/C10H9N3O4/c1-17-10(16)11-5-2-3-6-7(4-5)9(15)13-12-8(6)14/h2-4H,1H3,(H,11,16)(H,12,14)(H,13,15). The Labute approximate surface area is 94.4 Å². The number of carbonyl (C=O) groups is 1. The SMILES string of the molecule is COC(=O)Nc1ccc2c(=O)[nH][nH]c(=O)c2c1. The number of aromatic amines is 2. The minimum Gasteiger partial charge on any atom is -0.453 e. The van der Waals surface area contributed by atoms with E-state index in [0.29, 0.717) is 5.69 Å². The lowest BCUT2D eigenvalue weighted by atomic mass is 10.2. The zero-order valence-electron chi connectivity index (χ0n) is 8.87. The maximum Gasteiger partial charge on any atom is 0.411 e. The fraction of sp³-hybridized carbons (Fsp3) is 0.100. The summed E-state index contributed by atoms with van der Waals surface area (Å²) in [7, 11) is 1.23. The van der Waals surface area contributed by atoms with Crippen molar-refractivity contribution >= 4 is 22.6 Å². The molecule has 3 N–H and O–H groups in total. The highest BCUT2D eigenvalue weighted by atomic mass is 16.5. The molecule has 0 fully saturated rings. The lowest BCUT2D eigenvalue weighted by Gasteiger charge is -2.04. The molecule has 7 heteroatoms. The van der Waals surface area contributed by atoms with Crippen LogP contribution in [0.4, 0.5) is 10.5 Å². The number of ether oxygens (including phenoxy) is 1. The number of anilines is 1. The van der Waals surface area contributed by atoms with E-state index in [-0.39, 0.29) is 10.8 Å². The molecule has 1 heterocycles. The van der Waals surface area contributed by atoms with Gasteiger partial charge >= 0.3 is 6.09 Å². The molecule has 0 unspecified atom stereocenters. The molecule has 0 radical (unpaired) electrons. The Morgan fingerprint density at radius 3 is 2.47 bits per heavy atom. The van der Waals surface area contributed by atoms with Crippen LogP contribution < -0.4 is 16.4 Å². The Kier molecular flexibility index (Phi) is 2.65. The summed E-state index contributed by atoms with van der Waals surface area (Å²) in [5, 5.41) is 7.26. The number of hydrogen-bond donors (Lipinski definition) is 3. The molecule has 0 aliphatic heterocycles. The van der Waals surface area contributed by atoms with Gasteiger partial charge in [0, 0.05) is 5.69 Å². The van der Waals surface area contributed by atoms with Crippen molar-refractivity contribution in [1.29, 1.82) is 0 Å². The van der Waals surface area contributed by atoms with Crippen LogP contribution in [0.15, 0.2) is 27.8 Å². The molecule has 1 aromatic heterocycles. The zero-order chi connectivity index (χ0) is 12.4. The van der Waals surface area contributed by atoms with Gasteiger partial charge in [-0.3, -0.25) is 25.1 Å². The summed E-state index contributed by atoms with van der Waals surface area (Å²) >= 11 is 0. The number of hydrogen-bond acceptors (Lipinski definition) is 4. The van der Waals surface area contributed by atoms with Crippen molar-refractivity contribution in [2.24, 2.45) is 0 Å². The first kappa shape index (κ1) is 10.9. The number of H-pyrrole nitrogens is 2. The minimum absolute atomic E-state index is 0.197. The monoisotopic (exact) mass is 235 g/mol. The van der Waals surface area contributed by atoms with Gasteiger partial charge < -0.3 is 4.74 Å². The van der Waals surface area contributed by atoms with Gasteiger partial charge in [0.15, 0.2) is 0 Å². The summed E-state index contributed by atoms with van der Waals surface area (Å²) in [6.07, 6.45) is -0.648. The van der Waals surface area contributed by atoms with Crippen LogP contribution in [0.3, 0.4) is 0 Å². The van der Waals surface area contributed by atoms with Gasteiger partial charge in [-0.15, -0.1) is 0 Å². The Balaban J connectivity index is 2.58. The summed E-state index contributed by atoms with van der Waals surface area (Å²) in [6, 6.07) is 4.36. The third kappa shape index (κ3) is 2.03. The second kappa shape index (κ2) is 4.12. The van der Waals surface area contributed by atoms with Crippen LogP contribution in [-0.4, -0.2) is 23.4 Å². The first-order chi connectivity index (χ1) is 8.11. The number of amides is 1. The normalized spacial score (nSPS) is 10.2. The first-order valence-electron chi connectivity index (χ1n) is 4.71. The maximum atomic E-state index is 11.5. The number of carbonyl (C=O) groups excluding carboxylic acids is 1. The lowest BCUT2D eigenvalue weighted by Crippen LogP contribution is -2.19. The molecule has 1 amide bonds. The molecule has 0 atom stereocenters. The van der Waals surface area contributed by atoms with Gasteiger partial charge in [-0.25, -0.2) is 4.79 Å². The highest BCUT2D eigenvalue weighted by molar-refractivity contribution is 5.90. The fourth-order valence-electron chi connectivity index (χ4n) is 1.42. The van der Waals surface area contributed by atoms with Crippen LogP contribution in [0.1, 0.15) is 0 Å². The Hall–Kier alpha value is -2.57. The molecule has 17 heavy (non-hydrogen) atoms. The van der Waals surface area contributed by atoms with Crippen LogP contribution in [0, 0.1) is 0 Å². The van der Waals surface area contributed by atoms with E-state index in [4.69, 9.17) is 0 Å². The third-order valence-electron chi connectivity index (χ3n) is 2.23. The van der Waals surface area contributed by atoms with Gasteiger partial charge in [0.25, 0.3) is 11.1 Å². The summed E-state index contributed by atoms with van der Waals surface area (Å²) < 4.78 is 4.42. The van der Waals surface area contributed by atoms with Crippen LogP contribution >= 0.6 is 0 Å². The molecular weight excluding hydrogens is 226 g/mol. The molecule has 2 aromatic rings.